The summed E-state index contributed by atoms with van der Waals surface area (Å²) in [5.41, 5.74) is 7.63. The van der Waals surface area contributed by atoms with E-state index in [-0.39, 0.29) is 6.61 Å². The molecule has 0 spiro atoms. The van der Waals surface area contributed by atoms with Crippen LogP contribution in [0.2, 0.25) is 0 Å². The highest BCUT2D eigenvalue weighted by Crippen LogP contribution is 2.32. The number of benzene rings is 2. The van der Waals surface area contributed by atoms with Crippen molar-refractivity contribution in [3.05, 3.63) is 53.6 Å². The quantitative estimate of drug-likeness (QED) is 0.771. The van der Waals surface area contributed by atoms with Crippen LogP contribution in [0.25, 0.3) is 0 Å². The van der Waals surface area contributed by atoms with E-state index in [0.29, 0.717) is 30.2 Å². The molecule has 3 N–H and O–H groups in total. The molecule has 0 heterocycles. The molecule has 1 amide bonds. The van der Waals surface area contributed by atoms with Crippen LogP contribution in [0.1, 0.15) is 15.9 Å². The van der Waals surface area contributed by atoms with E-state index in [9.17, 15) is 9.90 Å². The van der Waals surface area contributed by atoms with E-state index in [0.717, 1.165) is 11.3 Å². The first-order valence-electron chi connectivity index (χ1n) is 7.55. The van der Waals surface area contributed by atoms with Crippen LogP contribution in [0, 0.1) is 0 Å². The van der Waals surface area contributed by atoms with E-state index in [1.165, 1.54) is 0 Å². The second kappa shape index (κ2) is 8.21. The van der Waals surface area contributed by atoms with Gasteiger partial charge < -0.3 is 25.2 Å². The lowest BCUT2D eigenvalue weighted by Gasteiger charge is -2.25. The Bertz CT molecular complexity index is 686. The number of carbonyl (C=O) groups excluding carboxylic acids is 1. The lowest BCUT2D eigenvalue weighted by Crippen LogP contribution is -2.26. The number of anilines is 1. The van der Waals surface area contributed by atoms with Crippen molar-refractivity contribution >= 4 is 11.6 Å². The molecular formula is C18H22N2O4. The number of hydrogen-bond acceptors (Lipinski definition) is 5. The van der Waals surface area contributed by atoms with Crippen LogP contribution < -0.4 is 20.1 Å². The van der Waals surface area contributed by atoms with Crippen LogP contribution in [0.5, 0.6) is 11.5 Å². The van der Waals surface area contributed by atoms with Crippen LogP contribution >= 0.6 is 0 Å². The molecule has 0 atom stereocenters. The van der Waals surface area contributed by atoms with Crippen LogP contribution in [0.15, 0.2) is 42.5 Å². The maximum absolute atomic E-state index is 11.1. The predicted molar refractivity (Wildman–Crippen MR) is 92.6 cm³/mol. The number of nitrogens with two attached hydrogens (primary N) is 1. The van der Waals surface area contributed by atoms with Gasteiger partial charge in [0.25, 0.3) is 0 Å². The molecule has 6 heteroatoms. The number of hydrogen-bond donors (Lipinski definition) is 2. The van der Waals surface area contributed by atoms with Gasteiger partial charge in [-0.15, -0.1) is 0 Å². The fourth-order valence-corrected chi connectivity index (χ4v) is 2.44. The first-order valence-corrected chi connectivity index (χ1v) is 7.55. The molecule has 0 bridgehead atoms. The number of carbonyl (C=O) groups is 1. The van der Waals surface area contributed by atoms with Gasteiger partial charge in [-0.05, 0) is 29.8 Å². The molecule has 0 aliphatic rings. The van der Waals surface area contributed by atoms with Gasteiger partial charge in [0.15, 0.2) is 11.5 Å². The number of amides is 1. The molecule has 2 aromatic carbocycles. The summed E-state index contributed by atoms with van der Waals surface area (Å²) in [5.74, 6) is 0.826. The Morgan fingerprint density at radius 2 is 1.75 bits per heavy atom. The zero-order valence-corrected chi connectivity index (χ0v) is 13.9. The third-order valence-corrected chi connectivity index (χ3v) is 3.71. The summed E-state index contributed by atoms with van der Waals surface area (Å²) in [6.45, 7) is 1.07. The highest BCUT2D eigenvalue weighted by molar-refractivity contribution is 5.92. The highest BCUT2D eigenvalue weighted by Gasteiger charge is 2.11. The number of methoxy groups -OCH3 is 2. The van der Waals surface area contributed by atoms with Crippen molar-refractivity contribution in [3.8, 4) is 11.5 Å². The summed E-state index contributed by atoms with van der Waals surface area (Å²) >= 11 is 0. The van der Waals surface area contributed by atoms with Gasteiger partial charge in [0, 0.05) is 30.4 Å². The predicted octanol–water partition coefficient (Wildman–Crippen LogP) is 1.80. The minimum Gasteiger partial charge on any atom is -0.493 e. The number of aliphatic hydroxyl groups excluding tert-OH is 1. The molecular weight excluding hydrogens is 308 g/mol. The molecule has 0 fully saturated rings. The molecule has 0 aliphatic heterocycles. The van der Waals surface area contributed by atoms with Crippen molar-refractivity contribution in [2.24, 2.45) is 5.73 Å². The van der Waals surface area contributed by atoms with Gasteiger partial charge in [0.2, 0.25) is 5.91 Å². The number of aliphatic hydroxyl groups is 1. The fraction of sp³-hybridized carbons (Fsp3) is 0.278. The Hall–Kier alpha value is -2.73. The van der Waals surface area contributed by atoms with Crippen molar-refractivity contribution in [2.45, 2.75) is 6.54 Å². The number of primary amides is 1. The van der Waals surface area contributed by atoms with Crippen LogP contribution in [-0.4, -0.2) is 38.4 Å². The van der Waals surface area contributed by atoms with E-state index in [4.69, 9.17) is 15.2 Å². The summed E-state index contributed by atoms with van der Waals surface area (Å²) in [6, 6.07) is 12.7. The standard InChI is InChI=1S/C18H22N2O4/c1-23-16-8-7-15(11-17(16)24-2)20(9-10-21)12-13-3-5-14(6-4-13)18(19)22/h3-8,11,21H,9-10,12H2,1-2H3,(H2,19,22). The Kier molecular flexibility index (Phi) is 6.03. The molecule has 0 radical (unpaired) electrons. The summed E-state index contributed by atoms with van der Waals surface area (Å²) < 4.78 is 10.6. The Balaban J connectivity index is 2.24. The van der Waals surface area contributed by atoms with Crippen molar-refractivity contribution < 1.29 is 19.4 Å². The van der Waals surface area contributed by atoms with Gasteiger partial charge in [-0.1, -0.05) is 12.1 Å². The van der Waals surface area contributed by atoms with Crippen molar-refractivity contribution in [1.82, 2.24) is 0 Å². The third-order valence-electron chi connectivity index (χ3n) is 3.71. The molecule has 24 heavy (non-hydrogen) atoms. The number of ether oxygens (including phenoxy) is 2. The largest absolute Gasteiger partial charge is 0.493 e. The van der Waals surface area contributed by atoms with Crippen molar-refractivity contribution in [1.29, 1.82) is 0 Å². The Morgan fingerprint density at radius 3 is 2.29 bits per heavy atom. The topological polar surface area (TPSA) is 85.0 Å². The Morgan fingerprint density at radius 1 is 1.08 bits per heavy atom. The van der Waals surface area contributed by atoms with Crippen molar-refractivity contribution in [2.75, 3.05) is 32.3 Å². The normalized spacial score (nSPS) is 10.3. The average molecular weight is 330 g/mol. The molecule has 128 valence electrons. The van der Waals surface area contributed by atoms with E-state index in [1.807, 2.05) is 35.2 Å². The molecule has 0 saturated heterocycles. The number of rotatable bonds is 8. The SMILES string of the molecule is COc1ccc(N(CCO)Cc2ccc(C(N)=O)cc2)cc1OC. The summed E-state index contributed by atoms with van der Waals surface area (Å²) in [7, 11) is 3.17. The highest BCUT2D eigenvalue weighted by atomic mass is 16.5. The average Bonchev–Trinajstić information content (AvgIpc) is 2.61. The van der Waals surface area contributed by atoms with Gasteiger partial charge in [-0.3, -0.25) is 4.79 Å². The van der Waals surface area contributed by atoms with Gasteiger partial charge in [-0.25, -0.2) is 0 Å². The van der Waals surface area contributed by atoms with Crippen LogP contribution in [-0.2, 0) is 6.54 Å². The van der Waals surface area contributed by atoms with Crippen LogP contribution in [0.4, 0.5) is 5.69 Å². The molecule has 2 aromatic rings. The van der Waals surface area contributed by atoms with Gasteiger partial charge in [0.1, 0.15) is 0 Å². The van der Waals surface area contributed by atoms with Gasteiger partial charge in [-0.2, -0.15) is 0 Å². The van der Waals surface area contributed by atoms with Gasteiger partial charge in [0.05, 0.1) is 20.8 Å². The second-order valence-corrected chi connectivity index (χ2v) is 5.25. The van der Waals surface area contributed by atoms with E-state index in [1.54, 1.807) is 26.4 Å². The smallest absolute Gasteiger partial charge is 0.248 e. The summed E-state index contributed by atoms with van der Waals surface area (Å²) in [5, 5.41) is 9.36. The molecule has 0 aliphatic carbocycles. The second-order valence-electron chi connectivity index (χ2n) is 5.25. The zero-order valence-electron chi connectivity index (χ0n) is 13.9. The fourth-order valence-electron chi connectivity index (χ4n) is 2.44. The molecule has 6 nitrogen and oxygen atoms in total. The lowest BCUT2D eigenvalue weighted by atomic mass is 10.1. The maximum atomic E-state index is 11.1. The Labute approximate surface area is 141 Å². The molecule has 2 rings (SSSR count). The van der Waals surface area contributed by atoms with Crippen LogP contribution in [0.3, 0.4) is 0 Å². The van der Waals surface area contributed by atoms with E-state index < -0.39 is 5.91 Å². The number of nitrogens with zero attached hydrogens (tertiary/aromatic N) is 1. The summed E-state index contributed by atoms with van der Waals surface area (Å²) in [6.07, 6.45) is 0. The minimum atomic E-state index is -0.450. The van der Waals surface area contributed by atoms with Crippen molar-refractivity contribution in [3.63, 3.8) is 0 Å². The molecule has 0 aromatic heterocycles. The molecule has 0 unspecified atom stereocenters. The third kappa shape index (κ3) is 4.17. The minimum absolute atomic E-state index is 0.0215. The van der Waals surface area contributed by atoms with Gasteiger partial charge >= 0.3 is 0 Å². The first kappa shape index (κ1) is 17.6. The zero-order chi connectivity index (χ0) is 17.5. The molecule has 0 saturated carbocycles. The maximum Gasteiger partial charge on any atom is 0.248 e. The van der Waals surface area contributed by atoms with E-state index >= 15 is 0 Å². The van der Waals surface area contributed by atoms with E-state index in [2.05, 4.69) is 0 Å². The monoisotopic (exact) mass is 330 g/mol. The first-order chi connectivity index (χ1) is 11.6. The lowest BCUT2D eigenvalue weighted by molar-refractivity contribution is 0.100. The summed E-state index contributed by atoms with van der Waals surface area (Å²) in [4.78, 5) is 13.2.